The van der Waals surface area contributed by atoms with Crippen LogP contribution in [0.1, 0.15) is 17.3 Å². The van der Waals surface area contributed by atoms with Crippen molar-refractivity contribution in [3.8, 4) is 0 Å². The third-order valence-electron chi connectivity index (χ3n) is 2.50. The highest BCUT2D eigenvalue weighted by Gasteiger charge is 2.15. The second-order valence-electron chi connectivity index (χ2n) is 3.62. The topological polar surface area (TPSA) is 17.1 Å². The van der Waals surface area contributed by atoms with Gasteiger partial charge in [-0.15, -0.1) is 0 Å². The minimum Gasteiger partial charge on any atom is -0.293 e. The van der Waals surface area contributed by atoms with Crippen LogP contribution in [0.4, 0.5) is 4.39 Å². The number of carbonyl (C=O) groups is 1. The van der Waals surface area contributed by atoms with Gasteiger partial charge in [-0.25, -0.2) is 4.39 Å². The summed E-state index contributed by atoms with van der Waals surface area (Å²) in [6.45, 7) is 1.76. The number of alkyl halides is 1. The molecule has 0 amide bonds. The van der Waals surface area contributed by atoms with Crippen LogP contribution in [0.3, 0.4) is 0 Å². The molecule has 1 nitrogen and oxygen atoms in total. The monoisotopic (exact) mass is 280 g/mol. The van der Waals surface area contributed by atoms with Crippen LogP contribution in [0, 0.1) is 5.82 Å². The minimum atomic E-state index is -0.297. The van der Waals surface area contributed by atoms with Gasteiger partial charge in [0.25, 0.3) is 0 Å². The summed E-state index contributed by atoms with van der Waals surface area (Å²) in [7, 11) is 0. The number of Topliss-reactive ketones (excluding diaryl/α,β-unsaturated/α-hetero) is 1. The maximum atomic E-state index is 13.5. The lowest BCUT2D eigenvalue weighted by Crippen LogP contribution is -2.10. The third-order valence-corrected chi connectivity index (χ3v) is 2.91. The van der Waals surface area contributed by atoms with E-state index in [1.807, 2.05) is 0 Å². The van der Waals surface area contributed by atoms with E-state index in [4.69, 9.17) is 0 Å². The minimum absolute atomic E-state index is 0.0313. The Morgan fingerprint density at radius 3 is 2.44 bits per heavy atom. The van der Waals surface area contributed by atoms with Gasteiger partial charge in [0.15, 0.2) is 5.78 Å². The lowest BCUT2D eigenvalue weighted by molar-refractivity contribution is 0.0997. The van der Waals surface area contributed by atoms with Crippen LogP contribution >= 0.6 is 15.9 Å². The standard InChI is InChI=1S/C13H10BrFO/c1-8(14)13(16)11-6-7-12(15)10-5-3-2-4-9(10)11/h2-8H,1H3. The summed E-state index contributed by atoms with van der Waals surface area (Å²) in [6, 6.07) is 9.89. The van der Waals surface area contributed by atoms with Gasteiger partial charge in [-0.05, 0) is 24.4 Å². The number of carbonyl (C=O) groups excluding carboxylic acids is 1. The average Bonchev–Trinajstić information content (AvgIpc) is 2.29. The molecular formula is C13H10BrFO. The highest BCUT2D eigenvalue weighted by molar-refractivity contribution is 9.10. The van der Waals surface area contributed by atoms with Crippen LogP contribution < -0.4 is 0 Å². The Balaban J connectivity index is 2.72. The van der Waals surface area contributed by atoms with Gasteiger partial charge in [-0.1, -0.05) is 40.2 Å². The Morgan fingerprint density at radius 1 is 1.19 bits per heavy atom. The summed E-state index contributed by atoms with van der Waals surface area (Å²) >= 11 is 3.24. The van der Waals surface area contributed by atoms with Gasteiger partial charge in [-0.3, -0.25) is 4.79 Å². The molecule has 0 heterocycles. The summed E-state index contributed by atoms with van der Waals surface area (Å²) in [6.07, 6.45) is 0. The lowest BCUT2D eigenvalue weighted by Gasteiger charge is -2.07. The molecule has 2 rings (SSSR count). The van der Waals surface area contributed by atoms with Crippen molar-refractivity contribution < 1.29 is 9.18 Å². The first-order chi connectivity index (χ1) is 7.61. The van der Waals surface area contributed by atoms with Gasteiger partial charge in [0.05, 0.1) is 4.83 Å². The van der Waals surface area contributed by atoms with Crippen molar-refractivity contribution in [3.05, 3.63) is 47.8 Å². The number of rotatable bonds is 2. The van der Waals surface area contributed by atoms with E-state index in [9.17, 15) is 9.18 Å². The normalized spacial score (nSPS) is 12.7. The molecule has 0 saturated heterocycles. The van der Waals surface area contributed by atoms with Gasteiger partial charge < -0.3 is 0 Å². The quantitative estimate of drug-likeness (QED) is 0.602. The Bertz CT molecular complexity index is 549. The predicted molar refractivity (Wildman–Crippen MR) is 66.6 cm³/mol. The molecule has 0 fully saturated rings. The van der Waals surface area contributed by atoms with Crippen LogP contribution in [0.25, 0.3) is 10.8 Å². The molecule has 2 aromatic rings. The lowest BCUT2D eigenvalue weighted by atomic mass is 10.00. The van der Waals surface area contributed by atoms with Gasteiger partial charge in [-0.2, -0.15) is 0 Å². The molecule has 0 saturated carbocycles. The van der Waals surface area contributed by atoms with E-state index in [0.717, 1.165) is 0 Å². The van der Waals surface area contributed by atoms with Crippen molar-refractivity contribution in [2.75, 3.05) is 0 Å². The summed E-state index contributed by atoms with van der Waals surface area (Å²) in [5.41, 5.74) is 0.557. The number of ketones is 1. The van der Waals surface area contributed by atoms with Crippen molar-refractivity contribution in [1.29, 1.82) is 0 Å². The van der Waals surface area contributed by atoms with Gasteiger partial charge in [0, 0.05) is 10.9 Å². The van der Waals surface area contributed by atoms with Crippen molar-refractivity contribution in [1.82, 2.24) is 0 Å². The molecule has 1 unspecified atom stereocenters. The van der Waals surface area contributed by atoms with Crippen LogP contribution in [0.15, 0.2) is 36.4 Å². The van der Waals surface area contributed by atoms with E-state index in [1.165, 1.54) is 12.1 Å². The van der Waals surface area contributed by atoms with Crippen molar-refractivity contribution in [2.45, 2.75) is 11.8 Å². The van der Waals surface area contributed by atoms with Gasteiger partial charge >= 0.3 is 0 Å². The summed E-state index contributed by atoms with van der Waals surface area (Å²) < 4.78 is 13.5. The van der Waals surface area contributed by atoms with E-state index < -0.39 is 0 Å². The third kappa shape index (κ3) is 1.87. The largest absolute Gasteiger partial charge is 0.293 e. The Kier molecular flexibility index (Phi) is 3.06. The smallest absolute Gasteiger partial charge is 0.176 e. The fraction of sp³-hybridized carbons (Fsp3) is 0.154. The highest BCUT2D eigenvalue weighted by Crippen LogP contribution is 2.23. The number of hydrogen-bond acceptors (Lipinski definition) is 1. The van der Waals surface area contributed by atoms with Crippen molar-refractivity contribution in [3.63, 3.8) is 0 Å². The maximum absolute atomic E-state index is 13.5. The molecule has 0 aliphatic heterocycles. The summed E-state index contributed by atoms with van der Waals surface area (Å²) in [4.78, 5) is 11.6. The van der Waals surface area contributed by atoms with Crippen molar-refractivity contribution >= 4 is 32.5 Å². The molecular weight excluding hydrogens is 271 g/mol. The van der Waals surface area contributed by atoms with E-state index >= 15 is 0 Å². The Labute approximate surface area is 101 Å². The predicted octanol–water partition coefficient (Wildman–Crippen LogP) is 3.95. The van der Waals surface area contributed by atoms with Crippen LogP contribution in [0.2, 0.25) is 0 Å². The zero-order chi connectivity index (χ0) is 11.7. The molecule has 0 N–H and O–H groups in total. The molecule has 0 aliphatic rings. The molecule has 82 valence electrons. The van der Waals surface area contributed by atoms with E-state index in [1.54, 1.807) is 31.2 Å². The SMILES string of the molecule is CC(Br)C(=O)c1ccc(F)c2ccccc12. The molecule has 16 heavy (non-hydrogen) atoms. The zero-order valence-electron chi connectivity index (χ0n) is 8.71. The molecule has 2 aromatic carbocycles. The molecule has 0 aromatic heterocycles. The molecule has 0 aliphatic carbocycles. The number of hydrogen-bond donors (Lipinski definition) is 0. The second kappa shape index (κ2) is 4.34. The van der Waals surface area contributed by atoms with Crippen LogP contribution in [0.5, 0.6) is 0 Å². The van der Waals surface area contributed by atoms with Gasteiger partial charge in [0.1, 0.15) is 5.82 Å². The molecule has 0 bridgehead atoms. The Hall–Kier alpha value is -1.22. The zero-order valence-corrected chi connectivity index (χ0v) is 10.3. The molecule has 0 radical (unpaired) electrons. The first-order valence-corrected chi connectivity index (χ1v) is 5.88. The van der Waals surface area contributed by atoms with E-state index in [-0.39, 0.29) is 16.4 Å². The van der Waals surface area contributed by atoms with Crippen LogP contribution in [-0.4, -0.2) is 10.6 Å². The van der Waals surface area contributed by atoms with Crippen LogP contribution in [-0.2, 0) is 0 Å². The fourth-order valence-electron chi connectivity index (χ4n) is 1.69. The number of halogens is 2. The maximum Gasteiger partial charge on any atom is 0.176 e. The molecule has 3 heteroatoms. The first-order valence-electron chi connectivity index (χ1n) is 4.97. The highest BCUT2D eigenvalue weighted by atomic mass is 79.9. The van der Waals surface area contributed by atoms with E-state index in [2.05, 4.69) is 15.9 Å². The summed E-state index contributed by atoms with van der Waals surface area (Å²) in [5.74, 6) is -0.328. The average molecular weight is 281 g/mol. The molecule has 0 spiro atoms. The van der Waals surface area contributed by atoms with E-state index in [0.29, 0.717) is 16.3 Å². The number of fused-ring (bicyclic) bond motifs is 1. The van der Waals surface area contributed by atoms with Gasteiger partial charge in [0.2, 0.25) is 0 Å². The molecule has 1 atom stereocenters. The number of benzene rings is 2. The Morgan fingerprint density at radius 2 is 1.81 bits per heavy atom. The van der Waals surface area contributed by atoms with Crippen molar-refractivity contribution in [2.24, 2.45) is 0 Å². The summed E-state index contributed by atoms with van der Waals surface area (Å²) in [5, 5.41) is 1.15. The second-order valence-corrected chi connectivity index (χ2v) is 4.99. The fourth-order valence-corrected chi connectivity index (χ4v) is 1.94. The first kappa shape index (κ1) is 11.3.